The molecule has 3 N–H and O–H groups in total. The summed E-state index contributed by atoms with van der Waals surface area (Å²) in [6.07, 6.45) is -4.58. The summed E-state index contributed by atoms with van der Waals surface area (Å²) in [6, 6.07) is 11.9. The summed E-state index contributed by atoms with van der Waals surface area (Å²) in [7, 11) is 0. The van der Waals surface area contributed by atoms with Crippen LogP contribution in [0.1, 0.15) is 44.2 Å². The molecule has 2 aromatic carbocycles. The summed E-state index contributed by atoms with van der Waals surface area (Å²) in [5.41, 5.74) is -0.858. The lowest BCUT2D eigenvalue weighted by Gasteiger charge is -2.37. The van der Waals surface area contributed by atoms with Crippen LogP contribution in [-0.2, 0) is 15.0 Å². The predicted octanol–water partition coefficient (Wildman–Crippen LogP) is 6.17. The summed E-state index contributed by atoms with van der Waals surface area (Å²) < 4.78 is 46.9. The molecule has 0 aliphatic carbocycles. The van der Waals surface area contributed by atoms with E-state index in [1.54, 1.807) is 30.3 Å². The molecule has 12 heteroatoms. The Hall–Kier alpha value is -2.87. The van der Waals surface area contributed by atoms with Gasteiger partial charge in [0.15, 0.2) is 0 Å². The average Bonchev–Trinajstić information content (AvgIpc) is 3.09. The standard InChI is InChI=1S/C23H23Cl2FN2O2.C2HF3O2/c1-22(2,3)11-17-23(12-27,13-7-9-14(24)10-8-13)18(20(28-17)21(29)30)15-5-4-6-16(25)19(15)26;3-2(4,5)1(6)7/h4-10,17-18,20,28H,11H2,1-3H3,(H,29,30);(H,6,7). The second kappa shape index (κ2) is 11.3. The highest BCUT2D eigenvalue weighted by Crippen LogP contribution is 2.52. The van der Waals surface area contributed by atoms with E-state index in [-0.39, 0.29) is 16.0 Å². The van der Waals surface area contributed by atoms with Crippen LogP contribution in [0, 0.1) is 22.6 Å². The number of halogens is 6. The first-order valence-electron chi connectivity index (χ1n) is 10.9. The quantitative estimate of drug-likeness (QED) is 0.384. The first kappa shape index (κ1) is 30.4. The molecule has 0 amide bonds. The number of carboxylic acid groups (broad SMARTS) is 2. The van der Waals surface area contributed by atoms with Crippen LogP contribution in [0.5, 0.6) is 0 Å². The van der Waals surface area contributed by atoms with Gasteiger partial charge in [-0.2, -0.15) is 18.4 Å². The van der Waals surface area contributed by atoms with Crippen LogP contribution in [0.4, 0.5) is 17.6 Å². The lowest BCUT2D eigenvalue weighted by Crippen LogP contribution is -2.44. The second-order valence-corrected chi connectivity index (χ2v) is 10.6. The Kier molecular flexibility index (Phi) is 9.23. The lowest BCUT2D eigenvalue weighted by atomic mass is 9.63. The van der Waals surface area contributed by atoms with E-state index in [4.69, 9.17) is 33.1 Å². The maximum Gasteiger partial charge on any atom is 0.490 e. The van der Waals surface area contributed by atoms with E-state index >= 15 is 4.39 Å². The largest absolute Gasteiger partial charge is 0.490 e. The molecule has 0 radical (unpaired) electrons. The number of hydrogen-bond acceptors (Lipinski definition) is 4. The minimum absolute atomic E-state index is 0.107. The van der Waals surface area contributed by atoms with Gasteiger partial charge in [0, 0.05) is 17.0 Å². The van der Waals surface area contributed by atoms with Crippen molar-refractivity contribution in [3.8, 4) is 6.07 Å². The Morgan fingerprint density at radius 3 is 2.05 bits per heavy atom. The summed E-state index contributed by atoms with van der Waals surface area (Å²) in [5, 5.41) is 31.2. The highest BCUT2D eigenvalue weighted by molar-refractivity contribution is 6.31. The zero-order valence-corrected chi connectivity index (χ0v) is 21.4. The van der Waals surface area contributed by atoms with Gasteiger partial charge in [-0.25, -0.2) is 9.18 Å². The molecule has 1 saturated heterocycles. The molecule has 1 aliphatic heterocycles. The first-order chi connectivity index (χ1) is 17.0. The zero-order chi connectivity index (χ0) is 28.3. The Labute approximate surface area is 220 Å². The number of nitrogens with zero attached hydrogens (tertiary/aromatic N) is 1. The number of nitrogens with one attached hydrogen (secondary N) is 1. The van der Waals surface area contributed by atoms with Gasteiger partial charge in [0.25, 0.3) is 0 Å². The average molecular weight is 563 g/mol. The van der Waals surface area contributed by atoms with Crippen molar-refractivity contribution in [1.82, 2.24) is 5.32 Å². The van der Waals surface area contributed by atoms with Gasteiger partial charge in [-0.15, -0.1) is 0 Å². The lowest BCUT2D eigenvalue weighted by molar-refractivity contribution is -0.192. The summed E-state index contributed by atoms with van der Waals surface area (Å²) >= 11 is 12.1. The fourth-order valence-electron chi connectivity index (χ4n) is 4.47. The maximum absolute atomic E-state index is 15.1. The van der Waals surface area contributed by atoms with Gasteiger partial charge >= 0.3 is 18.1 Å². The van der Waals surface area contributed by atoms with E-state index in [9.17, 15) is 28.3 Å². The summed E-state index contributed by atoms with van der Waals surface area (Å²) in [4.78, 5) is 21.1. The second-order valence-electron chi connectivity index (χ2n) is 9.71. The van der Waals surface area contributed by atoms with Gasteiger partial charge in [-0.1, -0.05) is 68.2 Å². The van der Waals surface area contributed by atoms with Crippen molar-refractivity contribution in [2.24, 2.45) is 5.41 Å². The topological polar surface area (TPSA) is 110 Å². The monoisotopic (exact) mass is 562 g/mol. The molecule has 0 bridgehead atoms. The van der Waals surface area contributed by atoms with E-state index in [1.807, 2.05) is 20.8 Å². The van der Waals surface area contributed by atoms with Crippen LogP contribution >= 0.6 is 23.2 Å². The van der Waals surface area contributed by atoms with Crippen LogP contribution < -0.4 is 5.32 Å². The normalized spacial score (nSPS) is 23.5. The van der Waals surface area contributed by atoms with Crippen molar-refractivity contribution >= 4 is 35.1 Å². The third-order valence-electron chi connectivity index (χ3n) is 5.90. The minimum atomic E-state index is -5.08. The van der Waals surface area contributed by atoms with Crippen LogP contribution in [-0.4, -0.2) is 40.4 Å². The molecule has 37 heavy (non-hydrogen) atoms. The molecule has 2 aromatic rings. The fourth-order valence-corrected chi connectivity index (χ4v) is 4.78. The highest BCUT2D eigenvalue weighted by Gasteiger charge is 2.60. The van der Waals surface area contributed by atoms with E-state index in [0.717, 1.165) is 0 Å². The molecule has 4 atom stereocenters. The van der Waals surface area contributed by atoms with E-state index < -0.39 is 47.3 Å². The van der Waals surface area contributed by atoms with E-state index in [1.165, 1.54) is 12.1 Å². The van der Waals surface area contributed by atoms with Crippen molar-refractivity contribution < 1.29 is 37.4 Å². The molecule has 6 nitrogen and oxygen atoms in total. The molecule has 1 aliphatic rings. The Balaban J connectivity index is 0.000000604. The number of nitriles is 1. The van der Waals surface area contributed by atoms with Gasteiger partial charge in [0.1, 0.15) is 17.3 Å². The molecule has 4 unspecified atom stereocenters. The third kappa shape index (κ3) is 6.72. The van der Waals surface area contributed by atoms with Crippen LogP contribution in [0.15, 0.2) is 42.5 Å². The Morgan fingerprint density at radius 1 is 1.08 bits per heavy atom. The molecule has 0 saturated carbocycles. The number of alkyl halides is 3. The van der Waals surface area contributed by atoms with Gasteiger partial charge in [-0.05, 0) is 41.2 Å². The number of rotatable bonds is 4. The van der Waals surface area contributed by atoms with E-state index in [0.29, 0.717) is 17.0 Å². The smallest absolute Gasteiger partial charge is 0.480 e. The van der Waals surface area contributed by atoms with Crippen molar-refractivity contribution in [3.63, 3.8) is 0 Å². The molecular formula is C25H24Cl2F4N2O4. The summed E-state index contributed by atoms with van der Waals surface area (Å²) in [5.74, 6) is -5.61. The van der Waals surface area contributed by atoms with Gasteiger partial charge in [0.05, 0.1) is 11.1 Å². The number of benzene rings is 2. The fraction of sp³-hybridized carbons (Fsp3) is 0.400. The number of carboxylic acids is 2. The highest BCUT2D eigenvalue weighted by atomic mass is 35.5. The molecule has 200 valence electrons. The van der Waals surface area contributed by atoms with Gasteiger partial charge < -0.3 is 10.2 Å². The molecule has 0 spiro atoms. The molecule has 1 heterocycles. The molecule has 0 aromatic heterocycles. The SMILES string of the molecule is CC(C)(C)CC1NC(C(=O)O)C(c2cccc(Cl)c2F)C1(C#N)c1ccc(Cl)cc1.O=C(O)C(F)(F)F. The minimum Gasteiger partial charge on any atom is -0.480 e. The first-order valence-corrected chi connectivity index (χ1v) is 11.6. The third-order valence-corrected chi connectivity index (χ3v) is 6.45. The number of aliphatic carboxylic acids is 2. The maximum atomic E-state index is 15.1. The number of hydrogen-bond donors (Lipinski definition) is 3. The number of carbonyl (C=O) groups is 2. The Morgan fingerprint density at radius 2 is 1.62 bits per heavy atom. The Bertz CT molecular complexity index is 1190. The molecular weight excluding hydrogens is 539 g/mol. The van der Waals surface area contributed by atoms with Gasteiger partial charge in [-0.3, -0.25) is 10.1 Å². The molecule has 3 rings (SSSR count). The van der Waals surface area contributed by atoms with Gasteiger partial charge in [0.2, 0.25) is 0 Å². The summed E-state index contributed by atoms with van der Waals surface area (Å²) in [6.45, 7) is 6.05. The van der Waals surface area contributed by atoms with Crippen LogP contribution in [0.25, 0.3) is 0 Å². The van der Waals surface area contributed by atoms with Crippen molar-refractivity contribution in [2.75, 3.05) is 0 Å². The molecule has 1 fully saturated rings. The van der Waals surface area contributed by atoms with E-state index in [2.05, 4.69) is 11.4 Å². The van der Waals surface area contributed by atoms with Crippen molar-refractivity contribution in [3.05, 3.63) is 69.5 Å². The van der Waals surface area contributed by atoms with Crippen LogP contribution in [0.3, 0.4) is 0 Å². The van der Waals surface area contributed by atoms with Crippen LogP contribution in [0.2, 0.25) is 10.0 Å². The zero-order valence-electron chi connectivity index (χ0n) is 19.9. The van der Waals surface area contributed by atoms with Crippen molar-refractivity contribution in [2.45, 2.75) is 56.8 Å². The van der Waals surface area contributed by atoms with Crippen molar-refractivity contribution in [1.29, 1.82) is 5.26 Å². The predicted molar refractivity (Wildman–Crippen MR) is 129 cm³/mol.